The van der Waals surface area contributed by atoms with Gasteiger partial charge in [-0.15, -0.1) is 0 Å². The third-order valence-corrected chi connectivity index (χ3v) is 11.5. The predicted octanol–water partition coefficient (Wildman–Crippen LogP) is 12.5. The minimum absolute atomic E-state index is 0.0534. The van der Waals surface area contributed by atoms with Gasteiger partial charge in [0.25, 0.3) is 0 Å². The Morgan fingerprint density at radius 2 is 1.37 bits per heavy atom. The van der Waals surface area contributed by atoms with Crippen molar-refractivity contribution in [2.75, 3.05) is 4.90 Å². The van der Waals surface area contributed by atoms with Crippen LogP contribution in [0.25, 0.3) is 39.4 Å². The van der Waals surface area contributed by atoms with Gasteiger partial charge in [-0.1, -0.05) is 125 Å². The molecule has 9 rings (SSSR count). The molecule has 1 heterocycles. The fourth-order valence-electron chi connectivity index (χ4n) is 9.24. The van der Waals surface area contributed by atoms with Gasteiger partial charge in [0, 0.05) is 57.2 Å². The van der Waals surface area contributed by atoms with Crippen LogP contribution in [0.4, 0.5) is 11.4 Å². The molecule has 0 saturated carbocycles. The van der Waals surface area contributed by atoms with Crippen LogP contribution in [0.2, 0.25) is 0 Å². The molecule has 1 aromatic heterocycles. The number of anilines is 2. The Kier molecular flexibility index (Phi) is 6.91. The number of rotatable bonds is 5. The maximum atomic E-state index is 2.48. The Bertz CT molecular complexity index is 2300. The number of benzene rings is 5. The van der Waals surface area contributed by atoms with Crippen LogP contribution in [0.3, 0.4) is 0 Å². The van der Waals surface area contributed by atoms with E-state index in [1.165, 1.54) is 72.7 Å². The predicted molar refractivity (Wildman–Crippen MR) is 208 cm³/mol. The number of nitrogens with zero attached hydrogens (tertiary/aromatic N) is 2. The molecule has 49 heavy (non-hydrogen) atoms. The highest BCUT2D eigenvalue weighted by Crippen LogP contribution is 2.57. The van der Waals surface area contributed by atoms with Gasteiger partial charge in [-0.2, -0.15) is 0 Å². The van der Waals surface area contributed by atoms with E-state index in [2.05, 4.69) is 189 Å². The highest BCUT2D eigenvalue weighted by molar-refractivity contribution is 5.96. The molecule has 2 unspecified atom stereocenters. The SMILES string of the molecule is CC1C(N(c2ccccc2)c2ccc(-c3ccc4c(c3)c3c(n4-c4ccccc4)[C@H](C)CC=C3)cc2)=CC=C2c3ccccc3C(C)(C)C21. The van der Waals surface area contributed by atoms with Crippen molar-refractivity contribution in [1.82, 2.24) is 4.57 Å². The molecule has 3 aliphatic carbocycles. The first-order chi connectivity index (χ1) is 23.9. The second kappa shape index (κ2) is 11.4. The summed E-state index contributed by atoms with van der Waals surface area (Å²) in [6.07, 6.45) is 10.5. The number of aromatic nitrogens is 1. The second-order valence-corrected chi connectivity index (χ2v) is 14.7. The van der Waals surface area contributed by atoms with Gasteiger partial charge in [-0.05, 0) is 94.3 Å². The average molecular weight is 635 g/mol. The third kappa shape index (κ3) is 4.61. The van der Waals surface area contributed by atoms with E-state index in [1.54, 1.807) is 0 Å². The summed E-state index contributed by atoms with van der Waals surface area (Å²) in [7, 11) is 0. The number of hydrogen-bond donors (Lipinski definition) is 0. The summed E-state index contributed by atoms with van der Waals surface area (Å²) in [5.74, 6) is 1.21. The van der Waals surface area contributed by atoms with Gasteiger partial charge >= 0.3 is 0 Å². The molecular weight excluding hydrogens is 593 g/mol. The Balaban J connectivity index is 1.12. The summed E-state index contributed by atoms with van der Waals surface area (Å²) in [4.78, 5) is 2.48. The molecule has 240 valence electrons. The lowest BCUT2D eigenvalue weighted by molar-refractivity contribution is 0.334. The quantitative estimate of drug-likeness (QED) is 0.183. The molecule has 5 aromatic carbocycles. The fraction of sp³-hybridized carbons (Fsp3) is 0.191. The van der Waals surface area contributed by atoms with Crippen LogP contribution < -0.4 is 4.90 Å². The van der Waals surface area contributed by atoms with Crippen molar-refractivity contribution in [1.29, 1.82) is 0 Å². The molecule has 0 spiro atoms. The summed E-state index contributed by atoms with van der Waals surface area (Å²) in [6, 6.07) is 46.9. The molecule has 2 nitrogen and oxygen atoms in total. The zero-order valence-electron chi connectivity index (χ0n) is 28.8. The van der Waals surface area contributed by atoms with Crippen molar-refractivity contribution in [2.45, 2.75) is 45.4 Å². The Hall–Kier alpha value is -5.34. The highest BCUT2D eigenvalue weighted by Gasteiger charge is 2.47. The van der Waals surface area contributed by atoms with E-state index in [0.717, 1.165) is 6.42 Å². The summed E-state index contributed by atoms with van der Waals surface area (Å²) >= 11 is 0. The molecule has 0 fully saturated rings. The topological polar surface area (TPSA) is 8.17 Å². The lowest BCUT2D eigenvalue weighted by Gasteiger charge is -2.41. The lowest BCUT2D eigenvalue weighted by atomic mass is 9.68. The van der Waals surface area contributed by atoms with Crippen molar-refractivity contribution in [3.05, 3.63) is 174 Å². The van der Waals surface area contributed by atoms with Crippen LogP contribution in [-0.4, -0.2) is 4.57 Å². The fourth-order valence-corrected chi connectivity index (χ4v) is 9.24. The monoisotopic (exact) mass is 634 g/mol. The molecule has 0 saturated heterocycles. The first-order valence-electron chi connectivity index (χ1n) is 17.8. The van der Waals surface area contributed by atoms with Crippen molar-refractivity contribution in [3.8, 4) is 16.8 Å². The zero-order valence-corrected chi connectivity index (χ0v) is 28.8. The molecule has 0 radical (unpaired) electrons. The molecule has 3 aliphatic rings. The maximum Gasteiger partial charge on any atom is 0.0538 e. The normalized spacial score (nSPS) is 20.3. The molecule has 0 amide bonds. The summed E-state index contributed by atoms with van der Waals surface area (Å²) in [6.45, 7) is 9.63. The Labute approximate surface area is 290 Å². The minimum atomic E-state index is 0.0534. The summed E-state index contributed by atoms with van der Waals surface area (Å²) in [5, 5.41) is 1.32. The van der Waals surface area contributed by atoms with E-state index in [4.69, 9.17) is 0 Å². The van der Waals surface area contributed by atoms with Gasteiger partial charge < -0.3 is 9.47 Å². The number of para-hydroxylation sites is 2. The second-order valence-electron chi connectivity index (χ2n) is 14.7. The van der Waals surface area contributed by atoms with Crippen LogP contribution in [0.5, 0.6) is 0 Å². The van der Waals surface area contributed by atoms with Crippen LogP contribution in [0.15, 0.2) is 151 Å². The standard InChI is InChI=1S/C47H42N2/c1-31-14-13-20-40-41-30-34(24-28-44(41)49(46(31)40)36-17-9-6-10-18-36)33-22-25-37(26-23-33)48(35-15-7-5-8-16-35)43-29-27-39-38-19-11-12-21-42(38)47(3,4)45(39)32(43)2/h5-13,15-32,45H,14H2,1-4H3/t31-,32?,45?/m1/s1. The molecule has 0 aliphatic heterocycles. The molecule has 0 N–H and O–H groups in total. The van der Waals surface area contributed by atoms with Gasteiger partial charge in [0.1, 0.15) is 0 Å². The minimum Gasteiger partial charge on any atom is -0.314 e. The summed E-state index contributed by atoms with van der Waals surface area (Å²) in [5.41, 5.74) is 15.9. The number of fused-ring (bicyclic) bond motifs is 6. The largest absolute Gasteiger partial charge is 0.314 e. The third-order valence-electron chi connectivity index (χ3n) is 11.5. The number of allylic oxidation sites excluding steroid dienone is 5. The average Bonchev–Trinajstić information content (AvgIpc) is 3.60. The molecule has 3 atom stereocenters. The van der Waals surface area contributed by atoms with E-state index in [-0.39, 0.29) is 5.41 Å². The first kappa shape index (κ1) is 29.8. The van der Waals surface area contributed by atoms with Gasteiger partial charge in [0.05, 0.1) is 5.52 Å². The zero-order chi connectivity index (χ0) is 33.3. The van der Waals surface area contributed by atoms with Crippen LogP contribution in [0.1, 0.15) is 62.4 Å². The van der Waals surface area contributed by atoms with Crippen LogP contribution >= 0.6 is 0 Å². The van der Waals surface area contributed by atoms with E-state index in [9.17, 15) is 0 Å². The van der Waals surface area contributed by atoms with Crippen LogP contribution in [0, 0.1) is 11.8 Å². The van der Waals surface area contributed by atoms with Crippen molar-refractivity contribution in [3.63, 3.8) is 0 Å². The first-order valence-corrected chi connectivity index (χ1v) is 17.8. The smallest absolute Gasteiger partial charge is 0.0538 e. The van der Waals surface area contributed by atoms with Crippen molar-refractivity contribution in [2.24, 2.45) is 11.8 Å². The molecule has 2 heteroatoms. The van der Waals surface area contributed by atoms with E-state index >= 15 is 0 Å². The van der Waals surface area contributed by atoms with Gasteiger partial charge in [0.2, 0.25) is 0 Å². The Morgan fingerprint density at radius 1 is 0.694 bits per heavy atom. The molecular formula is C47H42N2. The van der Waals surface area contributed by atoms with Crippen molar-refractivity contribution >= 4 is 33.9 Å². The van der Waals surface area contributed by atoms with E-state index in [1.807, 2.05) is 0 Å². The van der Waals surface area contributed by atoms with E-state index in [0.29, 0.717) is 17.8 Å². The molecule has 6 aromatic rings. The van der Waals surface area contributed by atoms with Crippen LogP contribution in [-0.2, 0) is 5.41 Å². The van der Waals surface area contributed by atoms with Gasteiger partial charge in [-0.3, -0.25) is 0 Å². The Morgan fingerprint density at radius 3 is 2.14 bits per heavy atom. The van der Waals surface area contributed by atoms with E-state index < -0.39 is 0 Å². The summed E-state index contributed by atoms with van der Waals surface area (Å²) < 4.78 is 2.48. The maximum absolute atomic E-state index is 2.48. The van der Waals surface area contributed by atoms with Gasteiger partial charge in [-0.25, -0.2) is 0 Å². The van der Waals surface area contributed by atoms with Gasteiger partial charge in [0.15, 0.2) is 0 Å². The lowest BCUT2D eigenvalue weighted by Crippen LogP contribution is -2.35. The number of hydrogen-bond acceptors (Lipinski definition) is 1. The highest BCUT2D eigenvalue weighted by atomic mass is 15.2. The molecule has 0 bridgehead atoms. The van der Waals surface area contributed by atoms with Crippen molar-refractivity contribution < 1.29 is 0 Å².